The lowest BCUT2D eigenvalue weighted by Crippen LogP contribution is -2.51. The van der Waals surface area contributed by atoms with Gasteiger partial charge in [-0.25, -0.2) is 0 Å². The number of carbonyl (C=O) groups excluding carboxylic acids is 1. The Morgan fingerprint density at radius 3 is 2.71 bits per heavy atom. The third kappa shape index (κ3) is 2.47. The Labute approximate surface area is 131 Å². The number of rotatable bonds is 3. The van der Waals surface area contributed by atoms with Crippen LogP contribution in [0.3, 0.4) is 0 Å². The molecule has 1 atom stereocenters. The maximum atomic E-state index is 13.1. The number of nitrogens with zero attached hydrogens (tertiary/aromatic N) is 2. The van der Waals surface area contributed by atoms with Crippen molar-refractivity contribution in [3.05, 3.63) is 29.3 Å². The van der Waals surface area contributed by atoms with Gasteiger partial charge in [-0.3, -0.25) is 9.69 Å². The molecule has 2 aliphatic heterocycles. The molecule has 0 N–H and O–H groups in total. The lowest BCUT2D eigenvalue weighted by atomic mass is 9.93. The molecule has 1 amide bonds. The van der Waals surface area contributed by atoms with Crippen molar-refractivity contribution in [2.45, 2.75) is 38.6 Å². The largest absolute Gasteiger partial charge is 0.309 e. The van der Waals surface area contributed by atoms with E-state index in [4.69, 9.17) is 11.6 Å². The van der Waals surface area contributed by atoms with Crippen molar-refractivity contribution < 1.29 is 4.79 Å². The number of anilines is 1. The minimum atomic E-state index is -0.274. The van der Waals surface area contributed by atoms with E-state index >= 15 is 0 Å². The van der Waals surface area contributed by atoms with Crippen LogP contribution >= 0.6 is 11.6 Å². The van der Waals surface area contributed by atoms with E-state index in [-0.39, 0.29) is 11.4 Å². The predicted octanol–water partition coefficient (Wildman–Crippen LogP) is 3.57. The van der Waals surface area contributed by atoms with Crippen molar-refractivity contribution in [2.24, 2.45) is 5.92 Å². The predicted molar refractivity (Wildman–Crippen MR) is 86.8 cm³/mol. The first kappa shape index (κ1) is 14.9. The molecule has 1 spiro atoms. The van der Waals surface area contributed by atoms with E-state index < -0.39 is 0 Å². The van der Waals surface area contributed by atoms with Gasteiger partial charge in [0.05, 0.1) is 10.7 Å². The number of amides is 1. The van der Waals surface area contributed by atoms with E-state index in [9.17, 15) is 4.79 Å². The molecule has 3 rings (SSSR count). The fourth-order valence-corrected chi connectivity index (χ4v) is 4.06. The average Bonchev–Trinajstić information content (AvgIpc) is 2.98. The molecule has 3 nitrogen and oxygen atoms in total. The molecular weight excluding hydrogens is 284 g/mol. The van der Waals surface area contributed by atoms with Crippen LogP contribution < -0.4 is 4.90 Å². The van der Waals surface area contributed by atoms with Crippen LogP contribution in [0.15, 0.2) is 24.3 Å². The van der Waals surface area contributed by atoms with Gasteiger partial charge < -0.3 is 4.90 Å². The van der Waals surface area contributed by atoms with E-state index in [0.717, 1.165) is 44.6 Å². The van der Waals surface area contributed by atoms with Crippen LogP contribution in [0.5, 0.6) is 0 Å². The summed E-state index contributed by atoms with van der Waals surface area (Å²) in [6, 6.07) is 7.65. The number of hydrogen-bond donors (Lipinski definition) is 0. The lowest BCUT2D eigenvalue weighted by molar-refractivity contribution is -0.126. The topological polar surface area (TPSA) is 23.6 Å². The Hall–Kier alpha value is -1.06. The van der Waals surface area contributed by atoms with Gasteiger partial charge in [-0.15, -0.1) is 0 Å². The van der Waals surface area contributed by atoms with Gasteiger partial charge in [0.2, 0.25) is 5.91 Å². The Morgan fingerprint density at radius 1 is 1.24 bits per heavy atom. The summed E-state index contributed by atoms with van der Waals surface area (Å²) >= 11 is 6.28. The first-order valence-corrected chi connectivity index (χ1v) is 8.24. The summed E-state index contributed by atoms with van der Waals surface area (Å²) in [5.41, 5.74) is 0.584. The number of carbonyl (C=O) groups is 1. The molecule has 21 heavy (non-hydrogen) atoms. The molecule has 0 aromatic heterocycles. The van der Waals surface area contributed by atoms with Crippen LogP contribution in [0.25, 0.3) is 0 Å². The summed E-state index contributed by atoms with van der Waals surface area (Å²) in [4.78, 5) is 17.4. The van der Waals surface area contributed by atoms with Gasteiger partial charge in [-0.2, -0.15) is 0 Å². The minimum Gasteiger partial charge on any atom is -0.309 e. The summed E-state index contributed by atoms with van der Waals surface area (Å²) in [7, 11) is 0. The summed E-state index contributed by atoms with van der Waals surface area (Å²) in [6.45, 7) is 7.26. The average molecular weight is 307 g/mol. The van der Waals surface area contributed by atoms with Gasteiger partial charge in [-0.05, 0) is 43.9 Å². The van der Waals surface area contributed by atoms with Crippen molar-refractivity contribution in [1.82, 2.24) is 4.90 Å². The fraction of sp³-hybridized carbons (Fsp3) is 0.588. The van der Waals surface area contributed by atoms with Gasteiger partial charge in [0, 0.05) is 13.1 Å². The summed E-state index contributed by atoms with van der Waals surface area (Å²) in [5, 5.41) is 0.663. The van der Waals surface area contributed by atoms with Gasteiger partial charge in [-0.1, -0.05) is 37.6 Å². The number of para-hydroxylation sites is 1. The molecular formula is C17H23ClN2O. The molecule has 2 fully saturated rings. The van der Waals surface area contributed by atoms with Crippen LogP contribution in [-0.4, -0.2) is 36.0 Å². The monoisotopic (exact) mass is 306 g/mol. The Morgan fingerprint density at radius 2 is 2.00 bits per heavy atom. The smallest absolute Gasteiger partial charge is 0.247 e. The zero-order chi connectivity index (χ0) is 15.0. The Bertz CT molecular complexity index is 545. The van der Waals surface area contributed by atoms with Crippen molar-refractivity contribution in [3.63, 3.8) is 0 Å². The first-order chi connectivity index (χ1) is 10.0. The van der Waals surface area contributed by atoms with Crippen molar-refractivity contribution in [1.29, 1.82) is 0 Å². The summed E-state index contributed by atoms with van der Waals surface area (Å²) in [5.74, 6) is 0.830. The zero-order valence-corrected chi connectivity index (χ0v) is 13.6. The van der Waals surface area contributed by atoms with Gasteiger partial charge in [0.15, 0.2) is 0 Å². The maximum absolute atomic E-state index is 13.1. The fourth-order valence-electron chi connectivity index (χ4n) is 3.82. The molecule has 0 saturated carbocycles. The lowest BCUT2D eigenvalue weighted by Gasteiger charge is -2.34. The van der Waals surface area contributed by atoms with E-state index in [1.807, 2.05) is 29.2 Å². The number of benzene rings is 1. The Kier molecular flexibility index (Phi) is 3.98. The summed E-state index contributed by atoms with van der Waals surface area (Å²) < 4.78 is 0. The normalized spacial score (nSPS) is 26.5. The molecule has 0 aliphatic carbocycles. The molecule has 114 valence electrons. The van der Waals surface area contributed by atoms with Gasteiger partial charge >= 0.3 is 0 Å². The number of halogens is 1. The standard InChI is InChI=1S/C17H23ClN2O/c1-13(2)12-19-10-5-8-17(19)9-11-20(16(17)21)15-7-4-3-6-14(15)18/h3-4,6-7,13H,5,8-12H2,1-2H3/t17-/m1/s1. The highest BCUT2D eigenvalue weighted by Gasteiger charge is 2.53. The van der Waals surface area contributed by atoms with E-state index in [1.165, 1.54) is 0 Å². The molecule has 1 aromatic rings. The van der Waals surface area contributed by atoms with Crippen LogP contribution in [0.2, 0.25) is 5.02 Å². The van der Waals surface area contributed by atoms with Crippen molar-refractivity contribution in [2.75, 3.05) is 24.5 Å². The third-order valence-electron chi connectivity index (χ3n) is 4.74. The number of hydrogen-bond acceptors (Lipinski definition) is 2. The maximum Gasteiger partial charge on any atom is 0.247 e. The molecule has 0 radical (unpaired) electrons. The van der Waals surface area contributed by atoms with Crippen LogP contribution in [0.4, 0.5) is 5.69 Å². The van der Waals surface area contributed by atoms with Crippen LogP contribution in [-0.2, 0) is 4.79 Å². The number of likely N-dealkylation sites (tertiary alicyclic amines) is 1. The quantitative estimate of drug-likeness (QED) is 0.852. The van der Waals surface area contributed by atoms with Crippen molar-refractivity contribution in [3.8, 4) is 0 Å². The highest BCUT2D eigenvalue weighted by atomic mass is 35.5. The Balaban J connectivity index is 1.88. The molecule has 4 heteroatoms. The molecule has 2 saturated heterocycles. The van der Waals surface area contributed by atoms with Gasteiger partial charge in [0.25, 0.3) is 0 Å². The highest BCUT2D eigenvalue weighted by Crippen LogP contribution is 2.42. The second-order valence-corrected chi connectivity index (χ2v) is 7.04. The van der Waals surface area contributed by atoms with Crippen molar-refractivity contribution >= 4 is 23.2 Å². The molecule has 0 unspecified atom stereocenters. The van der Waals surface area contributed by atoms with Crippen LogP contribution in [0.1, 0.15) is 33.1 Å². The third-order valence-corrected chi connectivity index (χ3v) is 5.06. The molecule has 2 heterocycles. The second kappa shape index (κ2) is 5.62. The zero-order valence-electron chi connectivity index (χ0n) is 12.8. The van der Waals surface area contributed by atoms with E-state index in [1.54, 1.807) is 0 Å². The first-order valence-electron chi connectivity index (χ1n) is 7.86. The van der Waals surface area contributed by atoms with E-state index in [2.05, 4.69) is 18.7 Å². The highest BCUT2D eigenvalue weighted by molar-refractivity contribution is 6.34. The summed E-state index contributed by atoms with van der Waals surface area (Å²) in [6.07, 6.45) is 3.03. The SMILES string of the molecule is CC(C)CN1CCC[C@]12CCN(c1ccccc1Cl)C2=O. The minimum absolute atomic E-state index is 0.244. The molecule has 1 aromatic carbocycles. The van der Waals surface area contributed by atoms with Crippen LogP contribution in [0, 0.1) is 5.92 Å². The van der Waals surface area contributed by atoms with Gasteiger partial charge in [0.1, 0.15) is 5.54 Å². The molecule has 2 aliphatic rings. The second-order valence-electron chi connectivity index (χ2n) is 6.63. The molecule has 0 bridgehead atoms. The van der Waals surface area contributed by atoms with E-state index in [0.29, 0.717) is 10.9 Å².